The van der Waals surface area contributed by atoms with Crippen molar-refractivity contribution in [2.75, 3.05) is 13.1 Å². The molecule has 106 valence electrons. The lowest BCUT2D eigenvalue weighted by Gasteiger charge is -2.32. The summed E-state index contributed by atoms with van der Waals surface area (Å²) in [6.45, 7) is 1.79. The molecule has 0 radical (unpaired) electrons. The minimum Gasteiger partial charge on any atom is -0.367 e. The molecular weight excluding hydrogens is 248 g/mol. The van der Waals surface area contributed by atoms with Crippen LogP contribution in [0, 0.1) is 5.92 Å². The molecular formula is C17H22N2O. The second-order valence-corrected chi connectivity index (χ2v) is 5.80. The van der Waals surface area contributed by atoms with E-state index in [1.807, 2.05) is 17.2 Å². The predicted octanol–water partition coefficient (Wildman–Crippen LogP) is 3.53. The SMILES string of the molecule is O=C(c1cc[nH]c1)N1CCC(CC2=CCCC=C2)CC1. The summed E-state index contributed by atoms with van der Waals surface area (Å²) in [5.74, 6) is 0.903. The Kier molecular flexibility index (Phi) is 4.05. The number of hydrogen-bond donors (Lipinski definition) is 1. The van der Waals surface area contributed by atoms with Crippen molar-refractivity contribution in [2.45, 2.75) is 32.1 Å². The van der Waals surface area contributed by atoms with E-state index in [2.05, 4.69) is 23.2 Å². The Hall–Kier alpha value is -1.77. The zero-order valence-corrected chi connectivity index (χ0v) is 11.8. The highest BCUT2D eigenvalue weighted by Crippen LogP contribution is 2.27. The van der Waals surface area contributed by atoms with Crippen LogP contribution < -0.4 is 0 Å². The van der Waals surface area contributed by atoms with Crippen molar-refractivity contribution in [1.29, 1.82) is 0 Å². The lowest BCUT2D eigenvalue weighted by atomic mass is 9.88. The fraction of sp³-hybridized carbons (Fsp3) is 0.471. The molecule has 0 atom stereocenters. The van der Waals surface area contributed by atoms with Crippen molar-refractivity contribution in [3.63, 3.8) is 0 Å². The average molecular weight is 270 g/mol. The third kappa shape index (κ3) is 3.03. The van der Waals surface area contributed by atoms with Crippen molar-refractivity contribution in [3.05, 3.63) is 47.8 Å². The smallest absolute Gasteiger partial charge is 0.255 e. The monoisotopic (exact) mass is 270 g/mol. The first-order valence-electron chi connectivity index (χ1n) is 7.60. The van der Waals surface area contributed by atoms with E-state index >= 15 is 0 Å². The van der Waals surface area contributed by atoms with Gasteiger partial charge in [0.25, 0.3) is 5.91 Å². The molecule has 3 nitrogen and oxygen atoms in total. The summed E-state index contributed by atoms with van der Waals surface area (Å²) in [5, 5.41) is 0. The van der Waals surface area contributed by atoms with Gasteiger partial charge in [-0.05, 0) is 44.1 Å². The molecule has 0 spiro atoms. The highest BCUT2D eigenvalue weighted by Gasteiger charge is 2.24. The normalized spacial score (nSPS) is 20.0. The number of carbonyl (C=O) groups excluding carboxylic acids is 1. The number of rotatable bonds is 3. The van der Waals surface area contributed by atoms with Gasteiger partial charge in [0.1, 0.15) is 0 Å². The maximum absolute atomic E-state index is 12.2. The summed E-state index contributed by atoms with van der Waals surface area (Å²) in [5.41, 5.74) is 2.27. The molecule has 2 heterocycles. The Bertz CT molecular complexity index is 505. The van der Waals surface area contributed by atoms with Gasteiger partial charge in [0, 0.05) is 25.5 Å². The summed E-state index contributed by atoms with van der Waals surface area (Å²) in [7, 11) is 0. The van der Waals surface area contributed by atoms with Gasteiger partial charge in [-0.3, -0.25) is 4.79 Å². The highest BCUT2D eigenvalue weighted by molar-refractivity contribution is 5.94. The molecule has 0 bridgehead atoms. The van der Waals surface area contributed by atoms with Crippen LogP contribution in [0.3, 0.4) is 0 Å². The molecule has 1 aliphatic heterocycles. The van der Waals surface area contributed by atoms with Crippen LogP contribution >= 0.6 is 0 Å². The third-order valence-electron chi connectivity index (χ3n) is 4.34. The van der Waals surface area contributed by atoms with Crippen molar-refractivity contribution in [2.24, 2.45) is 5.92 Å². The maximum Gasteiger partial charge on any atom is 0.255 e. The topological polar surface area (TPSA) is 36.1 Å². The van der Waals surface area contributed by atoms with Gasteiger partial charge < -0.3 is 9.88 Å². The number of nitrogens with zero attached hydrogens (tertiary/aromatic N) is 1. The van der Waals surface area contributed by atoms with Crippen LogP contribution in [0.5, 0.6) is 0 Å². The van der Waals surface area contributed by atoms with Gasteiger partial charge in [0.05, 0.1) is 5.56 Å². The minimum atomic E-state index is 0.168. The molecule has 1 fully saturated rings. The van der Waals surface area contributed by atoms with Gasteiger partial charge in [-0.1, -0.05) is 23.8 Å². The maximum atomic E-state index is 12.2. The summed E-state index contributed by atoms with van der Waals surface area (Å²) in [6, 6.07) is 1.85. The van der Waals surface area contributed by atoms with Gasteiger partial charge >= 0.3 is 0 Å². The fourth-order valence-electron chi connectivity index (χ4n) is 3.13. The second-order valence-electron chi connectivity index (χ2n) is 5.80. The third-order valence-corrected chi connectivity index (χ3v) is 4.34. The lowest BCUT2D eigenvalue weighted by Crippen LogP contribution is -2.38. The van der Waals surface area contributed by atoms with E-state index in [1.165, 1.54) is 24.8 Å². The Morgan fingerprint density at radius 1 is 1.30 bits per heavy atom. The highest BCUT2D eigenvalue weighted by atomic mass is 16.2. The van der Waals surface area contributed by atoms with Crippen molar-refractivity contribution in [3.8, 4) is 0 Å². The van der Waals surface area contributed by atoms with E-state index in [4.69, 9.17) is 0 Å². The predicted molar refractivity (Wildman–Crippen MR) is 80.5 cm³/mol. The van der Waals surface area contributed by atoms with Crippen LogP contribution in [0.15, 0.2) is 42.3 Å². The number of H-pyrrole nitrogens is 1. The molecule has 3 heteroatoms. The van der Waals surface area contributed by atoms with Crippen LogP contribution in [-0.4, -0.2) is 28.9 Å². The minimum absolute atomic E-state index is 0.168. The largest absolute Gasteiger partial charge is 0.367 e. The quantitative estimate of drug-likeness (QED) is 0.896. The molecule has 0 saturated carbocycles. The zero-order chi connectivity index (χ0) is 13.8. The van der Waals surface area contributed by atoms with E-state index in [1.54, 1.807) is 6.20 Å². The average Bonchev–Trinajstić information content (AvgIpc) is 3.03. The molecule has 1 N–H and O–H groups in total. The molecule has 1 saturated heterocycles. The van der Waals surface area contributed by atoms with Crippen molar-refractivity contribution in [1.82, 2.24) is 9.88 Å². The summed E-state index contributed by atoms with van der Waals surface area (Å²) >= 11 is 0. The number of carbonyl (C=O) groups is 1. The van der Waals surface area contributed by atoms with Crippen LogP contribution in [0.25, 0.3) is 0 Å². The number of aromatic amines is 1. The van der Waals surface area contributed by atoms with Gasteiger partial charge in [-0.25, -0.2) is 0 Å². The molecule has 0 unspecified atom stereocenters. The van der Waals surface area contributed by atoms with Crippen LogP contribution in [0.2, 0.25) is 0 Å². The lowest BCUT2D eigenvalue weighted by molar-refractivity contribution is 0.0691. The van der Waals surface area contributed by atoms with E-state index in [0.717, 1.165) is 37.4 Å². The molecule has 1 amide bonds. The summed E-state index contributed by atoms with van der Waals surface area (Å²) in [6.07, 6.45) is 16.3. The van der Waals surface area contributed by atoms with E-state index in [-0.39, 0.29) is 5.91 Å². The number of amides is 1. The fourth-order valence-corrected chi connectivity index (χ4v) is 3.13. The van der Waals surface area contributed by atoms with Gasteiger partial charge in [0.2, 0.25) is 0 Å². The van der Waals surface area contributed by atoms with Crippen LogP contribution in [0.1, 0.15) is 42.5 Å². The van der Waals surface area contributed by atoms with Crippen molar-refractivity contribution < 1.29 is 4.79 Å². The number of piperidine rings is 1. The first-order valence-corrected chi connectivity index (χ1v) is 7.60. The number of likely N-dealkylation sites (tertiary alicyclic amines) is 1. The molecule has 1 aromatic rings. The summed E-state index contributed by atoms with van der Waals surface area (Å²) < 4.78 is 0. The first kappa shape index (κ1) is 13.2. The standard InChI is InChI=1S/C17H22N2O/c20-17(16-6-9-18-13-16)19-10-7-15(8-11-19)12-14-4-2-1-3-5-14/h2,4-6,9,13,15,18H,1,3,7-8,10-12H2. The van der Waals surface area contributed by atoms with Crippen LogP contribution in [0.4, 0.5) is 0 Å². The number of allylic oxidation sites excluding steroid dienone is 4. The molecule has 2 aliphatic rings. The number of aromatic nitrogens is 1. The van der Waals surface area contributed by atoms with Gasteiger partial charge in [0.15, 0.2) is 0 Å². The Labute approximate surface area is 120 Å². The Morgan fingerprint density at radius 3 is 2.80 bits per heavy atom. The zero-order valence-electron chi connectivity index (χ0n) is 11.8. The molecule has 20 heavy (non-hydrogen) atoms. The van der Waals surface area contributed by atoms with Gasteiger partial charge in [-0.15, -0.1) is 0 Å². The van der Waals surface area contributed by atoms with Crippen molar-refractivity contribution >= 4 is 5.91 Å². The van der Waals surface area contributed by atoms with E-state index in [0.29, 0.717) is 0 Å². The van der Waals surface area contributed by atoms with E-state index < -0.39 is 0 Å². The number of hydrogen-bond acceptors (Lipinski definition) is 1. The summed E-state index contributed by atoms with van der Waals surface area (Å²) in [4.78, 5) is 17.2. The molecule has 1 aliphatic carbocycles. The Balaban J connectivity index is 1.51. The van der Waals surface area contributed by atoms with Crippen LogP contribution in [-0.2, 0) is 0 Å². The van der Waals surface area contributed by atoms with E-state index in [9.17, 15) is 4.79 Å². The molecule has 0 aromatic carbocycles. The molecule has 3 rings (SSSR count). The second kappa shape index (κ2) is 6.12. The Morgan fingerprint density at radius 2 is 2.15 bits per heavy atom. The first-order chi connectivity index (χ1) is 9.83. The van der Waals surface area contributed by atoms with Gasteiger partial charge in [-0.2, -0.15) is 0 Å². The molecule has 1 aromatic heterocycles. The number of nitrogens with one attached hydrogen (secondary N) is 1.